The van der Waals surface area contributed by atoms with Gasteiger partial charge in [-0.15, -0.1) is 0 Å². The van der Waals surface area contributed by atoms with Gasteiger partial charge in [-0.05, 0) is 34.5 Å². The number of hydrogen-bond acceptors (Lipinski definition) is 5. The summed E-state index contributed by atoms with van der Waals surface area (Å²) in [5, 5.41) is 2.07. The third-order valence-corrected chi connectivity index (χ3v) is 6.24. The predicted octanol–water partition coefficient (Wildman–Crippen LogP) is 5.22. The number of carbonyl (C=O) groups is 1. The number of hydrogen-bond donors (Lipinski definition) is 0. The molecule has 3 aromatic rings. The molecule has 3 aromatic carbocycles. The van der Waals surface area contributed by atoms with Crippen molar-refractivity contribution in [2.45, 2.75) is 6.10 Å². The van der Waals surface area contributed by atoms with E-state index in [1.165, 1.54) is 14.2 Å². The van der Waals surface area contributed by atoms with Crippen LogP contribution >= 0.6 is 7.60 Å². The van der Waals surface area contributed by atoms with Crippen LogP contribution in [0.1, 0.15) is 22.0 Å². The van der Waals surface area contributed by atoms with Gasteiger partial charge in [-0.2, -0.15) is 0 Å². The Hall–Kier alpha value is -2.46. The van der Waals surface area contributed by atoms with Gasteiger partial charge in [0, 0.05) is 14.2 Å². The van der Waals surface area contributed by atoms with E-state index in [0.29, 0.717) is 5.56 Å². The third-order valence-electron chi connectivity index (χ3n) is 4.35. The molecule has 0 fully saturated rings. The maximum Gasteiger partial charge on any atom is 0.338 e. The number of fused-ring (bicyclic) bond motifs is 1. The first-order chi connectivity index (χ1) is 13.0. The highest BCUT2D eigenvalue weighted by Gasteiger charge is 2.31. The second-order valence-corrected chi connectivity index (χ2v) is 8.34. The topological polar surface area (TPSA) is 61.8 Å². The zero-order chi connectivity index (χ0) is 19.3. The van der Waals surface area contributed by atoms with Crippen molar-refractivity contribution in [3.8, 4) is 0 Å². The summed E-state index contributed by atoms with van der Waals surface area (Å²) < 4.78 is 28.5. The van der Waals surface area contributed by atoms with Gasteiger partial charge in [0.1, 0.15) is 6.10 Å². The Morgan fingerprint density at radius 2 is 1.52 bits per heavy atom. The van der Waals surface area contributed by atoms with E-state index < -0.39 is 19.7 Å². The monoisotopic (exact) mass is 384 g/mol. The first-order valence-corrected chi connectivity index (χ1v) is 10.2. The summed E-state index contributed by atoms with van der Waals surface area (Å²) in [6.07, 6.45) is -0.843. The van der Waals surface area contributed by atoms with E-state index >= 15 is 0 Å². The van der Waals surface area contributed by atoms with Gasteiger partial charge >= 0.3 is 13.6 Å². The van der Waals surface area contributed by atoms with Gasteiger partial charge in [-0.1, -0.05) is 54.6 Å². The minimum atomic E-state index is -3.39. The quantitative estimate of drug-likeness (QED) is 0.413. The summed E-state index contributed by atoms with van der Waals surface area (Å²) in [5.74, 6) is -0.493. The average Bonchev–Trinajstić information content (AvgIpc) is 2.73. The van der Waals surface area contributed by atoms with Crippen LogP contribution in [-0.2, 0) is 18.3 Å². The van der Waals surface area contributed by atoms with E-state index in [1.807, 2.05) is 48.5 Å². The summed E-state index contributed by atoms with van der Waals surface area (Å²) in [7, 11) is -0.748. The molecule has 0 spiro atoms. The fourth-order valence-corrected chi connectivity index (χ4v) is 3.96. The molecule has 140 valence electrons. The molecule has 27 heavy (non-hydrogen) atoms. The van der Waals surface area contributed by atoms with Gasteiger partial charge in [0.2, 0.25) is 0 Å². The van der Waals surface area contributed by atoms with E-state index in [0.717, 1.165) is 16.3 Å². The van der Waals surface area contributed by atoms with Crippen LogP contribution < -0.4 is 0 Å². The molecule has 3 rings (SSSR count). The van der Waals surface area contributed by atoms with E-state index in [4.69, 9.17) is 13.8 Å². The molecule has 0 saturated carbocycles. The Balaban J connectivity index is 1.95. The van der Waals surface area contributed by atoms with E-state index in [-0.39, 0.29) is 6.16 Å². The SMILES string of the molecule is COP(=O)(C[C@H](OC(=O)c1ccccc1)c1ccc2ccccc2c1)OC. The smallest absolute Gasteiger partial charge is 0.338 e. The van der Waals surface area contributed by atoms with Crippen molar-refractivity contribution in [2.75, 3.05) is 20.4 Å². The Morgan fingerprint density at radius 3 is 2.19 bits per heavy atom. The summed E-state index contributed by atoms with van der Waals surface area (Å²) >= 11 is 0. The van der Waals surface area contributed by atoms with E-state index in [1.54, 1.807) is 24.3 Å². The highest BCUT2D eigenvalue weighted by atomic mass is 31.2. The molecule has 0 aliphatic rings. The lowest BCUT2D eigenvalue weighted by atomic mass is 10.0. The van der Waals surface area contributed by atoms with Crippen molar-refractivity contribution in [1.29, 1.82) is 0 Å². The molecule has 0 amide bonds. The van der Waals surface area contributed by atoms with Crippen molar-refractivity contribution < 1.29 is 23.1 Å². The van der Waals surface area contributed by atoms with Crippen molar-refractivity contribution in [1.82, 2.24) is 0 Å². The van der Waals surface area contributed by atoms with Crippen LogP contribution in [0, 0.1) is 0 Å². The fourth-order valence-electron chi connectivity index (χ4n) is 2.82. The molecule has 0 unspecified atom stereocenters. The Kier molecular flexibility index (Phi) is 6.07. The van der Waals surface area contributed by atoms with E-state index in [9.17, 15) is 9.36 Å². The van der Waals surface area contributed by atoms with Crippen LogP contribution in [0.2, 0.25) is 0 Å². The predicted molar refractivity (Wildman–Crippen MR) is 105 cm³/mol. The zero-order valence-corrected chi connectivity index (χ0v) is 16.1. The third kappa shape index (κ3) is 4.64. The van der Waals surface area contributed by atoms with Gasteiger partial charge in [-0.3, -0.25) is 4.57 Å². The lowest BCUT2D eigenvalue weighted by Crippen LogP contribution is -2.16. The van der Waals surface area contributed by atoms with Crippen molar-refractivity contribution in [3.05, 3.63) is 83.9 Å². The molecule has 5 nitrogen and oxygen atoms in total. The number of benzene rings is 3. The molecule has 0 saturated heterocycles. The first-order valence-electron chi connectivity index (χ1n) is 8.50. The lowest BCUT2D eigenvalue weighted by Gasteiger charge is -2.22. The first kappa shape index (κ1) is 19.3. The van der Waals surface area contributed by atoms with Crippen molar-refractivity contribution in [2.24, 2.45) is 0 Å². The number of esters is 1. The molecule has 0 aliphatic carbocycles. The van der Waals surface area contributed by atoms with Crippen LogP contribution in [0.15, 0.2) is 72.8 Å². The molecule has 0 bridgehead atoms. The molecule has 0 N–H and O–H groups in total. The van der Waals surface area contributed by atoms with Crippen LogP contribution in [0.5, 0.6) is 0 Å². The van der Waals surface area contributed by atoms with Crippen LogP contribution in [0.4, 0.5) is 0 Å². The lowest BCUT2D eigenvalue weighted by molar-refractivity contribution is 0.0333. The Bertz CT molecular complexity index is 962. The Morgan fingerprint density at radius 1 is 0.889 bits per heavy atom. The molecule has 0 radical (unpaired) electrons. The summed E-state index contributed by atoms with van der Waals surface area (Å²) in [6.45, 7) is 0. The zero-order valence-electron chi connectivity index (χ0n) is 15.2. The minimum absolute atomic E-state index is 0.0725. The van der Waals surface area contributed by atoms with Crippen LogP contribution in [0.25, 0.3) is 10.8 Å². The molecular weight excluding hydrogens is 363 g/mol. The van der Waals surface area contributed by atoms with Gasteiger partial charge in [0.15, 0.2) is 0 Å². The highest BCUT2D eigenvalue weighted by Crippen LogP contribution is 2.50. The number of rotatable bonds is 7. The highest BCUT2D eigenvalue weighted by molar-refractivity contribution is 7.53. The molecule has 0 aliphatic heterocycles. The van der Waals surface area contributed by atoms with Gasteiger partial charge in [-0.25, -0.2) is 4.79 Å². The summed E-state index contributed by atoms with van der Waals surface area (Å²) in [4.78, 5) is 12.6. The molecule has 1 atom stereocenters. The minimum Gasteiger partial charge on any atom is -0.453 e. The van der Waals surface area contributed by atoms with Crippen LogP contribution in [-0.4, -0.2) is 26.4 Å². The van der Waals surface area contributed by atoms with Crippen molar-refractivity contribution in [3.63, 3.8) is 0 Å². The Labute approximate surface area is 158 Å². The molecule has 0 heterocycles. The summed E-state index contributed by atoms with van der Waals surface area (Å²) in [5.41, 5.74) is 1.15. The standard InChI is InChI=1S/C21H21O5P/c1-24-27(23,25-2)15-20(26-21(22)17-9-4-3-5-10-17)19-13-12-16-8-6-7-11-18(16)14-19/h3-14,20H,15H2,1-2H3/t20-/m0/s1. The van der Waals surface area contributed by atoms with Gasteiger partial charge in [0.05, 0.1) is 11.7 Å². The van der Waals surface area contributed by atoms with Gasteiger partial charge in [0.25, 0.3) is 0 Å². The van der Waals surface area contributed by atoms with E-state index in [2.05, 4.69) is 0 Å². The molecule has 0 aromatic heterocycles. The van der Waals surface area contributed by atoms with Crippen molar-refractivity contribution >= 4 is 24.3 Å². The van der Waals surface area contributed by atoms with Crippen LogP contribution in [0.3, 0.4) is 0 Å². The largest absolute Gasteiger partial charge is 0.453 e. The van der Waals surface area contributed by atoms with Gasteiger partial charge < -0.3 is 13.8 Å². The number of carbonyl (C=O) groups excluding carboxylic acids is 1. The maximum absolute atomic E-state index is 12.7. The fraction of sp³-hybridized carbons (Fsp3) is 0.190. The normalized spacial score (nSPS) is 12.7. The number of ether oxygens (including phenoxy) is 1. The maximum atomic E-state index is 12.7. The summed E-state index contributed by atoms with van der Waals surface area (Å²) in [6, 6.07) is 22.3. The second-order valence-electron chi connectivity index (χ2n) is 6.03. The average molecular weight is 384 g/mol. The second kappa shape index (κ2) is 8.49. The molecule has 6 heteroatoms. The molecular formula is C21H21O5P.